The number of amides is 1. The number of aromatic nitrogens is 3. The van der Waals surface area contributed by atoms with Crippen LogP contribution >= 0.6 is 0 Å². The van der Waals surface area contributed by atoms with E-state index in [2.05, 4.69) is 48.5 Å². The van der Waals surface area contributed by atoms with Gasteiger partial charge >= 0.3 is 0 Å². The average molecular weight is 495 g/mol. The van der Waals surface area contributed by atoms with E-state index in [4.69, 9.17) is 4.98 Å². The molecule has 1 aliphatic heterocycles. The first kappa shape index (κ1) is 24.0. The Labute approximate surface area is 207 Å². The quantitative estimate of drug-likeness (QED) is 0.515. The zero-order valence-corrected chi connectivity index (χ0v) is 21.7. The van der Waals surface area contributed by atoms with Crippen LogP contribution in [0.1, 0.15) is 90.9 Å². The SMILES string of the molecule is Cc1nn(C2CCS(=O)(=O)C2)c2nc(C3CC3)cc(C(=O)NC(C)c3ccc(CC(C)C)cc3)c12. The molecule has 2 atom stereocenters. The smallest absolute Gasteiger partial charge is 0.252 e. The highest BCUT2D eigenvalue weighted by atomic mass is 32.2. The molecule has 3 heterocycles. The van der Waals surface area contributed by atoms with Gasteiger partial charge in [-0.1, -0.05) is 38.1 Å². The van der Waals surface area contributed by atoms with Crippen molar-refractivity contribution in [2.45, 2.75) is 71.4 Å². The minimum atomic E-state index is -3.07. The maximum absolute atomic E-state index is 13.6. The molecule has 1 saturated carbocycles. The van der Waals surface area contributed by atoms with Crippen molar-refractivity contribution in [3.05, 3.63) is 58.4 Å². The van der Waals surface area contributed by atoms with E-state index < -0.39 is 9.84 Å². The fourth-order valence-corrected chi connectivity index (χ4v) is 6.79. The molecule has 1 aliphatic carbocycles. The number of hydrogen-bond donors (Lipinski definition) is 1. The minimum absolute atomic E-state index is 0.0733. The van der Waals surface area contributed by atoms with E-state index in [1.807, 2.05) is 19.9 Å². The number of carbonyl (C=O) groups is 1. The van der Waals surface area contributed by atoms with Crippen LogP contribution in [0.2, 0.25) is 0 Å². The normalized spacial score (nSPS) is 20.4. The van der Waals surface area contributed by atoms with Crippen molar-refractivity contribution in [1.29, 1.82) is 0 Å². The van der Waals surface area contributed by atoms with E-state index in [0.29, 0.717) is 35.2 Å². The van der Waals surface area contributed by atoms with Crippen LogP contribution in [0.5, 0.6) is 0 Å². The number of hydrogen-bond acceptors (Lipinski definition) is 5. The number of benzene rings is 1. The molecule has 7 nitrogen and oxygen atoms in total. The van der Waals surface area contributed by atoms with Crippen molar-refractivity contribution in [3.8, 4) is 0 Å². The summed E-state index contributed by atoms with van der Waals surface area (Å²) < 4.78 is 26.0. The maximum Gasteiger partial charge on any atom is 0.252 e. The lowest BCUT2D eigenvalue weighted by molar-refractivity contribution is 0.0941. The van der Waals surface area contributed by atoms with Crippen LogP contribution < -0.4 is 5.32 Å². The molecule has 2 fully saturated rings. The number of fused-ring (bicyclic) bond motifs is 1. The number of aryl methyl sites for hydroxylation is 1. The van der Waals surface area contributed by atoms with Gasteiger partial charge in [0.1, 0.15) is 0 Å². The average Bonchev–Trinajstić information content (AvgIpc) is 3.51. The van der Waals surface area contributed by atoms with Gasteiger partial charge in [0.15, 0.2) is 15.5 Å². The summed E-state index contributed by atoms with van der Waals surface area (Å²) in [5.41, 5.74) is 5.16. The summed E-state index contributed by atoms with van der Waals surface area (Å²) in [4.78, 5) is 18.5. The van der Waals surface area contributed by atoms with Gasteiger partial charge in [0.2, 0.25) is 0 Å². The Morgan fingerprint density at radius 3 is 2.46 bits per heavy atom. The van der Waals surface area contributed by atoms with Gasteiger partial charge in [-0.05, 0) is 62.6 Å². The van der Waals surface area contributed by atoms with Crippen LogP contribution in [0, 0.1) is 12.8 Å². The molecular formula is C27H34N4O3S. The number of carbonyl (C=O) groups excluding carboxylic acids is 1. The van der Waals surface area contributed by atoms with Gasteiger partial charge < -0.3 is 5.32 Å². The predicted molar refractivity (Wildman–Crippen MR) is 137 cm³/mol. The van der Waals surface area contributed by atoms with Gasteiger partial charge in [-0.3, -0.25) is 4.79 Å². The molecule has 1 N–H and O–H groups in total. The molecule has 186 valence electrons. The molecule has 0 bridgehead atoms. The molecule has 2 aromatic heterocycles. The third-order valence-corrected chi connectivity index (χ3v) is 8.87. The van der Waals surface area contributed by atoms with Gasteiger partial charge in [-0.25, -0.2) is 18.1 Å². The molecule has 2 unspecified atom stereocenters. The molecule has 35 heavy (non-hydrogen) atoms. The molecule has 5 rings (SSSR count). The lowest BCUT2D eigenvalue weighted by atomic mass is 9.99. The number of nitrogens with one attached hydrogen (secondary N) is 1. The molecule has 1 amide bonds. The fraction of sp³-hybridized carbons (Fsp3) is 0.519. The van der Waals surface area contributed by atoms with Gasteiger partial charge in [-0.2, -0.15) is 5.10 Å². The predicted octanol–water partition coefficient (Wildman–Crippen LogP) is 4.67. The molecule has 2 aliphatic rings. The maximum atomic E-state index is 13.6. The van der Waals surface area contributed by atoms with Crippen LogP contribution in [0.15, 0.2) is 30.3 Å². The number of rotatable bonds is 7. The summed E-state index contributed by atoms with van der Waals surface area (Å²) in [5.74, 6) is 1.04. The minimum Gasteiger partial charge on any atom is -0.345 e. The second kappa shape index (κ2) is 9.04. The third-order valence-electron chi connectivity index (χ3n) is 7.12. The Morgan fingerprint density at radius 1 is 1.14 bits per heavy atom. The first-order valence-electron chi connectivity index (χ1n) is 12.6. The summed E-state index contributed by atoms with van der Waals surface area (Å²) in [5, 5.41) is 8.57. The van der Waals surface area contributed by atoms with Crippen molar-refractivity contribution in [3.63, 3.8) is 0 Å². The lowest BCUT2D eigenvalue weighted by Crippen LogP contribution is -2.27. The van der Waals surface area contributed by atoms with Crippen LogP contribution in [0.4, 0.5) is 0 Å². The number of nitrogens with zero attached hydrogens (tertiary/aromatic N) is 3. The first-order valence-corrected chi connectivity index (χ1v) is 14.4. The highest BCUT2D eigenvalue weighted by Gasteiger charge is 2.34. The summed E-state index contributed by atoms with van der Waals surface area (Å²) in [7, 11) is -3.07. The molecular weight excluding hydrogens is 460 g/mol. The summed E-state index contributed by atoms with van der Waals surface area (Å²) in [6, 6.07) is 9.97. The van der Waals surface area contributed by atoms with Crippen LogP contribution in [-0.2, 0) is 16.3 Å². The highest BCUT2D eigenvalue weighted by molar-refractivity contribution is 7.91. The second-order valence-electron chi connectivity index (χ2n) is 10.7. The number of pyridine rings is 1. The Balaban J connectivity index is 1.46. The summed E-state index contributed by atoms with van der Waals surface area (Å²) in [6.07, 6.45) is 3.68. The fourth-order valence-electron chi connectivity index (χ4n) is 5.09. The Kier molecular flexibility index (Phi) is 6.20. The zero-order valence-electron chi connectivity index (χ0n) is 20.9. The Bertz CT molecular complexity index is 1370. The number of sulfone groups is 1. The second-order valence-corrected chi connectivity index (χ2v) is 12.9. The van der Waals surface area contributed by atoms with E-state index >= 15 is 0 Å². The Morgan fingerprint density at radius 2 is 1.86 bits per heavy atom. The molecule has 8 heteroatoms. The standard InChI is InChI=1S/C27H34N4O3S/c1-16(2)13-19-5-7-20(8-6-19)17(3)28-27(32)23-14-24(21-9-10-21)29-26-25(23)18(4)30-31(26)22-11-12-35(33,34)15-22/h5-8,14,16-17,21-22H,9-13,15H2,1-4H3,(H,28,32). The third kappa shape index (κ3) is 4.99. The van der Waals surface area contributed by atoms with Gasteiger partial charge in [0.05, 0.1) is 40.2 Å². The van der Waals surface area contributed by atoms with Crippen molar-refractivity contribution < 1.29 is 13.2 Å². The first-order chi connectivity index (χ1) is 16.6. The largest absolute Gasteiger partial charge is 0.345 e. The topological polar surface area (TPSA) is 93.9 Å². The monoisotopic (exact) mass is 494 g/mol. The van der Waals surface area contributed by atoms with E-state index in [1.54, 1.807) is 4.68 Å². The van der Waals surface area contributed by atoms with E-state index in [9.17, 15) is 13.2 Å². The van der Waals surface area contributed by atoms with Crippen molar-refractivity contribution >= 4 is 26.8 Å². The van der Waals surface area contributed by atoms with Crippen molar-refractivity contribution in [1.82, 2.24) is 20.1 Å². The van der Waals surface area contributed by atoms with Crippen LogP contribution in [0.25, 0.3) is 11.0 Å². The van der Waals surface area contributed by atoms with Crippen LogP contribution in [0.3, 0.4) is 0 Å². The van der Waals surface area contributed by atoms with E-state index in [1.165, 1.54) is 5.56 Å². The van der Waals surface area contributed by atoms with Gasteiger partial charge in [-0.15, -0.1) is 0 Å². The van der Waals surface area contributed by atoms with Crippen molar-refractivity contribution in [2.24, 2.45) is 5.92 Å². The molecule has 1 saturated heterocycles. The lowest BCUT2D eigenvalue weighted by Gasteiger charge is -2.17. The van der Waals surface area contributed by atoms with E-state index in [0.717, 1.165) is 35.9 Å². The molecule has 0 radical (unpaired) electrons. The summed E-state index contributed by atoms with van der Waals surface area (Å²) in [6.45, 7) is 8.28. The van der Waals surface area contributed by atoms with E-state index in [-0.39, 0.29) is 29.5 Å². The van der Waals surface area contributed by atoms with Crippen molar-refractivity contribution in [2.75, 3.05) is 11.5 Å². The summed E-state index contributed by atoms with van der Waals surface area (Å²) >= 11 is 0. The molecule has 0 spiro atoms. The highest BCUT2D eigenvalue weighted by Crippen LogP contribution is 2.41. The van der Waals surface area contributed by atoms with Crippen LogP contribution in [-0.4, -0.2) is 40.6 Å². The van der Waals surface area contributed by atoms with Gasteiger partial charge in [0, 0.05) is 11.6 Å². The zero-order chi connectivity index (χ0) is 24.9. The van der Waals surface area contributed by atoms with Gasteiger partial charge in [0.25, 0.3) is 5.91 Å². The Hall–Kier alpha value is -2.74. The molecule has 1 aromatic carbocycles. The molecule has 3 aromatic rings.